The number of likely N-dealkylation sites (N-methyl/N-ethyl adjacent to an activating group) is 1. The zero-order valence-electron chi connectivity index (χ0n) is 12.8. The van der Waals surface area contributed by atoms with Crippen LogP contribution in [-0.4, -0.2) is 50.1 Å². The fourth-order valence-corrected chi connectivity index (χ4v) is 1.41. The lowest BCUT2D eigenvalue weighted by atomic mass is 10.2. The van der Waals surface area contributed by atoms with Gasteiger partial charge in [-0.3, -0.25) is 4.99 Å². The molecule has 0 fully saturated rings. The van der Waals surface area contributed by atoms with Gasteiger partial charge in [0.05, 0.1) is 0 Å². The van der Waals surface area contributed by atoms with E-state index in [4.69, 9.17) is 0 Å². The Morgan fingerprint density at radius 1 is 1.22 bits per heavy atom. The van der Waals surface area contributed by atoms with Gasteiger partial charge in [0, 0.05) is 32.2 Å². The van der Waals surface area contributed by atoms with Gasteiger partial charge in [0.2, 0.25) is 0 Å². The topological polar surface area (TPSA) is 39.7 Å². The number of halogens is 1. The fourth-order valence-electron chi connectivity index (χ4n) is 1.41. The van der Waals surface area contributed by atoms with Gasteiger partial charge in [-0.15, -0.1) is 24.0 Å². The quantitative estimate of drug-likeness (QED) is 0.411. The highest BCUT2D eigenvalue weighted by Crippen LogP contribution is 1.98. The van der Waals surface area contributed by atoms with Crippen LogP contribution >= 0.6 is 24.0 Å². The third-order valence-electron chi connectivity index (χ3n) is 3.32. The van der Waals surface area contributed by atoms with Crippen molar-refractivity contribution in [2.45, 2.75) is 52.6 Å². The van der Waals surface area contributed by atoms with Crippen LogP contribution < -0.4 is 10.6 Å². The minimum Gasteiger partial charge on any atom is -0.355 e. The summed E-state index contributed by atoms with van der Waals surface area (Å²) in [4.78, 5) is 6.58. The van der Waals surface area contributed by atoms with Crippen LogP contribution in [0.5, 0.6) is 0 Å². The maximum Gasteiger partial charge on any atom is 0.191 e. The molecule has 110 valence electrons. The molecule has 0 rings (SSSR count). The lowest BCUT2D eigenvalue weighted by Gasteiger charge is -2.24. The molecule has 0 aliphatic carbocycles. The number of hydrogen-bond donors (Lipinski definition) is 2. The van der Waals surface area contributed by atoms with Crippen LogP contribution in [0, 0.1) is 0 Å². The molecule has 0 aromatic rings. The first-order valence-corrected chi connectivity index (χ1v) is 6.72. The van der Waals surface area contributed by atoms with Gasteiger partial charge in [-0.2, -0.15) is 0 Å². The number of aliphatic imine (C=N–C) groups is 1. The standard InChI is InChI=1S/C13H30N4.HI/c1-7-11(3)16-13(14-5)15-9-10-17(6)12(4)8-2;/h11-12H,7-10H2,1-6H3,(H2,14,15,16);1H. The predicted octanol–water partition coefficient (Wildman–Crippen LogP) is 2.30. The zero-order chi connectivity index (χ0) is 13.3. The molecule has 2 atom stereocenters. The second-order valence-corrected chi connectivity index (χ2v) is 4.69. The van der Waals surface area contributed by atoms with Gasteiger partial charge in [0.15, 0.2) is 5.96 Å². The average molecular weight is 370 g/mol. The van der Waals surface area contributed by atoms with Crippen molar-refractivity contribution in [1.29, 1.82) is 0 Å². The second-order valence-electron chi connectivity index (χ2n) is 4.69. The molecule has 5 heteroatoms. The predicted molar refractivity (Wildman–Crippen MR) is 92.0 cm³/mol. The van der Waals surface area contributed by atoms with Crippen LogP contribution in [0.25, 0.3) is 0 Å². The number of hydrogen-bond acceptors (Lipinski definition) is 2. The summed E-state index contributed by atoms with van der Waals surface area (Å²) >= 11 is 0. The van der Waals surface area contributed by atoms with Crippen molar-refractivity contribution in [2.75, 3.05) is 27.2 Å². The first kappa shape index (κ1) is 20.3. The summed E-state index contributed by atoms with van der Waals surface area (Å²) in [5.74, 6) is 0.900. The summed E-state index contributed by atoms with van der Waals surface area (Å²) < 4.78 is 0. The summed E-state index contributed by atoms with van der Waals surface area (Å²) in [7, 11) is 3.98. The molecule has 18 heavy (non-hydrogen) atoms. The highest BCUT2D eigenvalue weighted by molar-refractivity contribution is 14.0. The van der Waals surface area contributed by atoms with Gasteiger partial charge in [0.25, 0.3) is 0 Å². The highest BCUT2D eigenvalue weighted by Gasteiger charge is 2.06. The first-order valence-electron chi connectivity index (χ1n) is 6.72. The molecule has 0 aliphatic rings. The van der Waals surface area contributed by atoms with Gasteiger partial charge in [0.1, 0.15) is 0 Å². The van der Waals surface area contributed by atoms with Gasteiger partial charge < -0.3 is 15.5 Å². The van der Waals surface area contributed by atoms with E-state index < -0.39 is 0 Å². The van der Waals surface area contributed by atoms with Gasteiger partial charge >= 0.3 is 0 Å². The maximum atomic E-state index is 4.21. The molecule has 0 heterocycles. The van der Waals surface area contributed by atoms with E-state index in [1.807, 2.05) is 7.05 Å². The second kappa shape index (κ2) is 12.0. The van der Waals surface area contributed by atoms with E-state index >= 15 is 0 Å². The van der Waals surface area contributed by atoms with Crippen LogP contribution in [0.1, 0.15) is 40.5 Å². The molecular weight excluding hydrogens is 339 g/mol. The van der Waals surface area contributed by atoms with E-state index in [9.17, 15) is 0 Å². The van der Waals surface area contributed by atoms with Crippen molar-refractivity contribution in [3.05, 3.63) is 0 Å². The summed E-state index contributed by atoms with van der Waals surface area (Å²) in [5, 5.41) is 6.70. The van der Waals surface area contributed by atoms with E-state index in [0.29, 0.717) is 12.1 Å². The smallest absolute Gasteiger partial charge is 0.191 e. The van der Waals surface area contributed by atoms with Crippen LogP contribution in [-0.2, 0) is 0 Å². The SMILES string of the molecule is CCC(C)NC(=NC)NCCN(C)C(C)CC.I. The Bertz CT molecular complexity index is 221. The molecule has 2 unspecified atom stereocenters. The number of guanidine groups is 1. The molecular formula is C13H31IN4. The van der Waals surface area contributed by atoms with Gasteiger partial charge in [-0.05, 0) is 33.7 Å². The minimum atomic E-state index is 0. The fraction of sp³-hybridized carbons (Fsp3) is 0.923. The average Bonchev–Trinajstić information content (AvgIpc) is 2.35. The number of nitrogens with zero attached hydrogens (tertiary/aromatic N) is 2. The molecule has 0 saturated heterocycles. The van der Waals surface area contributed by atoms with E-state index in [2.05, 4.69) is 55.3 Å². The van der Waals surface area contributed by atoms with E-state index in [-0.39, 0.29) is 24.0 Å². The van der Waals surface area contributed by atoms with E-state index in [1.165, 1.54) is 6.42 Å². The molecule has 0 saturated carbocycles. The Balaban J connectivity index is 0. The number of rotatable bonds is 7. The first-order chi connectivity index (χ1) is 8.04. The zero-order valence-corrected chi connectivity index (χ0v) is 15.1. The van der Waals surface area contributed by atoms with Crippen LogP contribution in [0.4, 0.5) is 0 Å². The molecule has 0 amide bonds. The number of nitrogens with one attached hydrogen (secondary N) is 2. The minimum absolute atomic E-state index is 0. The lowest BCUT2D eigenvalue weighted by Crippen LogP contribution is -2.45. The Hall–Kier alpha value is -0.0400. The largest absolute Gasteiger partial charge is 0.355 e. The Kier molecular flexibility index (Phi) is 13.5. The summed E-state index contributed by atoms with van der Waals surface area (Å²) in [6, 6.07) is 1.11. The van der Waals surface area contributed by atoms with Gasteiger partial charge in [-0.25, -0.2) is 0 Å². The highest BCUT2D eigenvalue weighted by atomic mass is 127. The molecule has 0 aromatic heterocycles. The van der Waals surface area contributed by atoms with Gasteiger partial charge in [-0.1, -0.05) is 13.8 Å². The molecule has 0 aromatic carbocycles. The Labute approximate surface area is 130 Å². The molecule has 4 nitrogen and oxygen atoms in total. The van der Waals surface area contributed by atoms with Crippen molar-refractivity contribution in [3.63, 3.8) is 0 Å². The van der Waals surface area contributed by atoms with Crippen molar-refractivity contribution in [3.8, 4) is 0 Å². The summed E-state index contributed by atoms with van der Waals surface area (Å²) in [6.07, 6.45) is 2.30. The molecule has 0 radical (unpaired) electrons. The van der Waals surface area contributed by atoms with Crippen molar-refractivity contribution in [2.24, 2.45) is 4.99 Å². The Morgan fingerprint density at radius 3 is 2.28 bits per heavy atom. The molecule has 0 aliphatic heterocycles. The van der Waals surface area contributed by atoms with Crippen molar-refractivity contribution >= 4 is 29.9 Å². The maximum absolute atomic E-state index is 4.21. The third-order valence-corrected chi connectivity index (χ3v) is 3.32. The van der Waals surface area contributed by atoms with Crippen LogP contribution in [0.3, 0.4) is 0 Å². The summed E-state index contributed by atoms with van der Waals surface area (Å²) in [5.41, 5.74) is 0. The van der Waals surface area contributed by atoms with E-state index in [0.717, 1.165) is 25.5 Å². The van der Waals surface area contributed by atoms with Crippen molar-refractivity contribution < 1.29 is 0 Å². The molecule has 0 bridgehead atoms. The van der Waals surface area contributed by atoms with E-state index in [1.54, 1.807) is 0 Å². The monoisotopic (exact) mass is 370 g/mol. The normalized spacial score (nSPS) is 14.9. The summed E-state index contributed by atoms with van der Waals surface area (Å²) in [6.45, 7) is 10.8. The molecule has 0 spiro atoms. The Morgan fingerprint density at radius 2 is 1.83 bits per heavy atom. The third kappa shape index (κ3) is 8.97. The molecule has 2 N–H and O–H groups in total. The van der Waals surface area contributed by atoms with Crippen molar-refractivity contribution in [1.82, 2.24) is 15.5 Å². The van der Waals surface area contributed by atoms with Crippen LogP contribution in [0.2, 0.25) is 0 Å². The lowest BCUT2D eigenvalue weighted by molar-refractivity contribution is 0.255. The van der Waals surface area contributed by atoms with Crippen LogP contribution in [0.15, 0.2) is 4.99 Å².